The molecule has 1 aromatic rings. The van der Waals surface area contributed by atoms with E-state index in [0.717, 1.165) is 6.42 Å². The van der Waals surface area contributed by atoms with Gasteiger partial charge in [-0.25, -0.2) is 0 Å². The molecular formula is C17H18F3IO4S. The molecule has 0 saturated heterocycles. The number of benzene rings is 1. The fraction of sp³-hybridized carbons (Fsp3) is 0.412. The van der Waals surface area contributed by atoms with E-state index in [4.69, 9.17) is 4.74 Å². The minimum absolute atomic E-state index is 0.171. The molecule has 144 valence electrons. The van der Waals surface area contributed by atoms with E-state index >= 15 is 0 Å². The van der Waals surface area contributed by atoms with Gasteiger partial charge < -0.3 is 8.92 Å². The van der Waals surface area contributed by atoms with Gasteiger partial charge in [-0.2, -0.15) is 21.6 Å². The fourth-order valence-corrected chi connectivity index (χ4v) is 3.59. The van der Waals surface area contributed by atoms with Gasteiger partial charge in [-0.3, -0.25) is 0 Å². The first-order valence-electron chi connectivity index (χ1n) is 7.69. The van der Waals surface area contributed by atoms with Crippen LogP contribution in [0.4, 0.5) is 13.2 Å². The van der Waals surface area contributed by atoms with Crippen LogP contribution < -0.4 is 8.92 Å². The van der Waals surface area contributed by atoms with Crippen LogP contribution in [-0.4, -0.2) is 19.5 Å². The Bertz CT molecular complexity index is 855. The summed E-state index contributed by atoms with van der Waals surface area (Å²) in [6.07, 6.45) is 6.75. The number of rotatable bonds is 5. The van der Waals surface area contributed by atoms with Gasteiger partial charge in [-0.05, 0) is 80.5 Å². The van der Waals surface area contributed by atoms with Crippen LogP contribution in [0.15, 0.2) is 29.9 Å². The van der Waals surface area contributed by atoms with E-state index in [2.05, 4.69) is 10.3 Å². The molecule has 0 unspecified atom stereocenters. The quantitative estimate of drug-likeness (QED) is 0.233. The third-order valence-corrected chi connectivity index (χ3v) is 5.53. The first-order chi connectivity index (χ1) is 11.8. The number of alkyl halides is 3. The highest BCUT2D eigenvalue weighted by Gasteiger charge is 2.49. The van der Waals surface area contributed by atoms with Crippen LogP contribution in [0.2, 0.25) is 0 Å². The molecular weight excluding hydrogens is 484 g/mol. The first-order valence-corrected chi connectivity index (χ1v) is 10.2. The number of allylic oxidation sites excluding steroid dienone is 2. The van der Waals surface area contributed by atoms with Crippen LogP contribution in [0, 0.1) is 3.57 Å². The van der Waals surface area contributed by atoms with Crippen LogP contribution >= 0.6 is 22.6 Å². The molecule has 9 heteroatoms. The lowest BCUT2D eigenvalue weighted by Crippen LogP contribution is -2.32. The number of halogens is 4. The Labute approximate surface area is 164 Å². The summed E-state index contributed by atoms with van der Waals surface area (Å²) in [4.78, 5) is 0. The predicted octanol–water partition coefficient (Wildman–Crippen LogP) is 5.43. The van der Waals surface area contributed by atoms with Crippen molar-refractivity contribution in [2.24, 2.45) is 0 Å². The minimum Gasteiger partial charge on any atom is -0.483 e. The molecule has 1 atom stereocenters. The normalized spacial score (nSPS) is 19.5. The second-order valence-corrected chi connectivity index (χ2v) is 9.04. The Kier molecular flexibility index (Phi) is 6.01. The summed E-state index contributed by atoms with van der Waals surface area (Å²) in [7, 11) is -5.76. The summed E-state index contributed by atoms with van der Waals surface area (Å²) in [5, 5.41) is 0. The second kappa shape index (κ2) is 7.41. The van der Waals surface area contributed by atoms with E-state index in [1.165, 1.54) is 11.6 Å². The van der Waals surface area contributed by atoms with Crippen molar-refractivity contribution in [1.29, 1.82) is 0 Å². The predicted molar refractivity (Wildman–Crippen MR) is 101 cm³/mol. The topological polar surface area (TPSA) is 52.6 Å². The molecule has 0 aromatic heterocycles. The van der Waals surface area contributed by atoms with E-state index < -0.39 is 21.2 Å². The smallest absolute Gasteiger partial charge is 0.483 e. The average molecular weight is 502 g/mol. The van der Waals surface area contributed by atoms with Crippen LogP contribution in [0.1, 0.15) is 39.2 Å². The van der Waals surface area contributed by atoms with E-state index in [-0.39, 0.29) is 20.6 Å². The molecule has 2 rings (SSSR count). The Morgan fingerprint density at radius 2 is 2.00 bits per heavy atom. The van der Waals surface area contributed by atoms with Gasteiger partial charge in [-0.15, -0.1) is 0 Å². The van der Waals surface area contributed by atoms with E-state index in [1.54, 1.807) is 40.8 Å². The zero-order valence-corrected chi connectivity index (χ0v) is 17.3. The third kappa shape index (κ3) is 4.73. The number of fused-ring (bicyclic) bond motifs is 1. The second-order valence-electron chi connectivity index (χ2n) is 6.34. The Hall–Kier alpha value is -1.23. The number of hydrogen-bond acceptors (Lipinski definition) is 4. The highest BCUT2D eigenvalue weighted by atomic mass is 127. The van der Waals surface area contributed by atoms with Crippen LogP contribution in [0.3, 0.4) is 0 Å². The minimum atomic E-state index is -5.76. The largest absolute Gasteiger partial charge is 0.534 e. The van der Waals surface area contributed by atoms with Crippen LogP contribution in [0.5, 0.6) is 11.5 Å². The lowest BCUT2D eigenvalue weighted by Gasteiger charge is -2.32. The molecule has 0 radical (unpaired) electrons. The molecule has 1 aliphatic rings. The molecule has 0 bridgehead atoms. The van der Waals surface area contributed by atoms with Gasteiger partial charge in [0.1, 0.15) is 11.4 Å². The Morgan fingerprint density at radius 3 is 2.58 bits per heavy atom. The van der Waals surface area contributed by atoms with Gasteiger partial charge in [0, 0.05) is 0 Å². The molecule has 0 N–H and O–H groups in total. The summed E-state index contributed by atoms with van der Waals surface area (Å²) < 4.78 is 71.2. The molecule has 1 aliphatic heterocycles. The Morgan fingerprint density at radius 1 is 1.35 bits per heavy atom. The summed E-state index contributed by atoms with van der Waals surface area (Å²) in [5.41, 5.74) is -4.80. The van der Waals surface area contributed by atoms with E-state index in [0.29, 0.717) is 6.42 Å². The van der Waals surface area contributed by atoms with E-state index in [1.807, 2.05) is 20.8 Å². The van der Waals surface area contributed by atoms with Crippen molar-refractivity contribution in [3.63, 3.8) is 0 Å². The fourth-order valence-electron chi connectivity index (χ4n) is 2.37. The molecule has 1 heterocycles. The maximum atomic E-state index is 12.6. The van der Waals surface area contributed by atoms with Crippen molar-refractivity contribution in [2.75, 3.05) is 0 Å². The highest BCUT2D eigenvalue weighted by molar-refractivity contribution is 14.1. The van der Waals surface area contributed by atoms with Crippen molar-refractivity contribution < 1.29 is 30.5 Å². The van der Waals surface area contributed by atoms with Gasteiger partial charge in [0.15, 0.2) is 5.75 Å². The number of hydrogen-bond donors (Lipinski definition) is 0. The Balaban J connectivity index is 2.35. The summed E-state index contributed by atoms with van der Waals surface area (Å²) in [6.45, 7) is 5.83. The maximum absolute atomic E-state index is 12.6. The van der Waals surface area contributed by atoms with E-state index in [9.17, 15) is 21.6 Å². The van der Waals surface area contributed by atoms with Crippen molar-refractivity contribution in [3.05, 3.63) is 39.0 Å². The SMILES string of the molecule is CC(C)=CCC[C@]1(C)C=Cc2c(ccc(I)c2OS(=O)(=O)C(F)(F)F)O1. The molecule has 0 amide bonds. The molecule has 26 heavy (non-hydrogen) atoms. The van der Waals surface area contributed by atoms with Gasteiger partial charge in [0.05, 0.1) is 9.13 Å². The molecule has 0 saturated carbocycles. The average Bonchev–Trinajstić information content (AvgIpc) is 2.48. The van der Waals surface area contributed by atoms with Gasteiger partial charge >= 0.3 is 15.6 Å². The molecule has 0 aliphatic carbocycles. The van der Waals surface area contributed by atoms with Gasteiger partial charge in [0.25, 0.3) is 0 Å². The zero-order chi connectivity index (χ0) is 19.8. The standard InChI is InChI=1S/C17H18F3IO4S/c1-11(2)5-4-9-16(3)10-8-12-14(24-16)7-6-13(21)15(12)25-26(22,23)17(18,19)20/h5-8,10H,4,9H2,1-3H3/t16-/m1/s1. The number of ether oxygens (including phenoxy) is 1. The van der Waals surface area contributed by atoms with Crippen molar-refractivity contribution in [3.8, 4) is 11.5 Å². The van der Waals surface area contributed by atoms with Crippen LogP contribution in [-0.2, 0) is 10.1 Å². The van der Waals surface area contributed by atoms with Gasteiger partial charge in [-0.1, -0.05) is 11.6 Å². The van der Waals surface area contributed by atoms with Crippen molar-refractivity contribution in [2.45, 2.75) is 44.7 Å². The van der Waals surface area contributed by atoms with Crippen LogP contribution in [0.25, 0.3) is 6.08 Å². The summed E-state index contributed by atoms with van der Waals surface area (Å²) >= 11 is 1.72. The maximum Gasteiger partial charge on any atom is 0.534 e. The van der Waals surface area contributed by atoms with Crippen molar-refractivity contribution >= 4 is 38.8 Å². The lowest BCUT2D eigenvalue weighted by molar-refractivity contribution is -0.0500. The molecule has 1 aromatic carbocycles. The zero-order valence-electron chi connectivity index (χ0n) is 14.4. The molecule has 0 fully saturated rings. The summed E-state index contributed by atoms with van der Waals surface area (Å²) in [5.74, 6) is -0.108. The van der Waals surface area contributed by atoms with Crippen molar-refractivity contribution in [1.82, 2.24) is 0 Å². The lowest BCUT2D eigenvalue weighted by atomic mass is 9.94. The molecule has 0 spiro atoms. The highest BCUT2D eigenvalue weighted by Crippen LogP contribution is 2.42. The monoisotopic (exact) mass is 502 g/mol. The molecule has 4 nitrogen and oxygen atoms in total. The summed E-state index contributed by atoms with van der Waals surface area (Å²) in [6, 6.07) is 3.04. The third-order valence-electron chi connectivity index (χ3n) is 3.72. The van der Waals surface area contributed by atoms with Gasteiger partial charge in [0.2, 0.25) is 0 Å². The first kappa shape index (κ1) is 21.1.